The van der Waals surface area contributed by atoms with E-state index >= 15 is 0 Å². The molecular formula is C27H23FN4O3S. The quantitative estimate of drug-likeness (QED) is 0.481. The molecule has 2 fully saturated rings. The topological polar surface area (TPSA) is 73.8 Å². The number of rotatable bonds is 5. The molecule has 3 heterocycles. The van der Waals surface area contributed by atoms with Crippen LogP contribution in [0.3, 0.4) is 0 Å². The predicted octanol–water partition coefficient (Wildman–Crippen LogP) is 4.42. The largest absolute Gasteiger partial charge is 0.353 e. The Morgan fingerprint density at radius 2 is 1.75 bits per heavy atom. The van der Waals surface area contributed by atoms with Gasteiger partial charge in [0.05, 0.1) is 11.4 Å². The number of thioether (sulfide) groups is 1. The third-order valence-corrected chi connectivity index (χ3v) is 7.04. The van der Waals surface area contributed by atoms with Crippen molar-refractivity contribution in [1.29, 1.82) is 0 Å². The van der Waals surface area contributed by atoms with Gasteiger partial charge < -0.3 is 9.80 Å². The van der Waals surface area contributed by atoms with E-state index < -0.39 is 17.0 Å². The number of amides is 3. The second-order valence-corrected chi connectivity index (χ2v) is 9.45. The van der Waals surface area contributed by atoms with E-state index in [9.17, 15) is 18.8 Å². The molecule has 0 spiro atoms. The van der Waals surface area contributed by atoms with Gasteiger partial charge in [-0.25, -0.2) is 9.37 Å². The number of aromatic nitrogens is 1. The highest BCUT2D eigenvalue weighted by Crippen LogP contribution is 2.33. The van der Waals surface area contributed by atoms with Crippen molar-refractivity contribution < 1.29 is 18.8 Å². The van der Waals surface area contributed by atoms with Crippen molar-refractivity contribution in [2.24, 2.45) is 0 Å². The fraction of sp³-hybridized carbons (Fsp3) is 0.185. The number of imide groups is 1. The second kappa shape index (κ2) is 10.3. The Morgan fingerprint density at radius 3 is 2.50 bits per heavy atom. The van der Waals surface area contributed by atoms with E-state index in [0.717, 1.165) is 22.5 Å². The van der Waals surface area contributed by atoms with Crippen molar-refractivity contribution in [1.82, 2.24) is 14.8 Å². The molecule has 36 heavy (non-hydrogen) atoms. The smallest absolute Gasteiger partial charge is 0.293 e. The summed E-state index contributed by atoms with van der Waals surface area (Å²) in [5.41, 5.74) is 1.43. The molecule has 0 N–H and O–H groups in total. The van der Waals surface area contributed by atoms with Crippen LogP contribution in [0.15, 0.2) is 77.8 Å². The Hall–Kier alpha value is -3.98. The Kier molecular flexibility index (Phi) is 6.81. The molecule has 3 amide bonds. The molecule has 0 unspecified atom stereocenters. The van der Waals surface area contributed by atoms with Crippen molar-refractivity contribution in [3.05, 3.63) is 100 Å². The van der Waals surface area contributed by atoms with E-state index in [1.54, 1.807) is 59.6 Å². The maximum atomic E-state index is 14.0. The van der Waals surface area contributed by atoms with Gasteiger partial charge in [0.2, 0.25) is 0 Å². The van der Waals surface area contributed by atoms with Gasteiger partial charge in [-0.2, -0.15) is 0 Å². The average molecular weight is 503 g/mol. The number of hydrogen-bond acceptors (Lipinski definition) is 6. The zero-order valence-corrected chi connectivity index (χ0v) is 20.2. The van der Waals surface area contributed by atoms with Gasteiger partial charge in [0.15, 0.2) is 0 Å². The lowest BCUT2D eigenvalue weighted by Gasteiger charge is -2.35. The minimum Gasteiger partial charge on any atom is -0.353 e. The van der Waals surface area contributed by atoms with Gasteiger partial charge in [0.25, 0.3) is 17.1 Å². The van der Waals surface area contributed by atoms with E-state index in [-0.39, 0.29) is 22.9 Å². The van der Waals surface area contributed by atoms with Gasteiger partial charge >= 0.3 is 0 Å². The minimum absolute atomic E-state index is 0.0846. The Balaban J connectivity index is 1.26. The summed E-state index contributed by atoms with van der Waals surface area (Å²) in [6, 6.07) is 18.8. The standard InChI is InChI=1S/C27H23FN4O3S/c28-22-9-2-1-7-21(22)18-32-26(34)23(36-27(32)35)17-19-6-5-8-20(16-19)25(33)31-14-12-30(13-15-31)24-10-3-4-11-29-24/h1-11,16-17H,12-15,18H2/b23-17-. The average Bonchev–Trinajstić information content (AvgIpc) is 3.17. The van der Waals surface area contributed by atoms with Crippen molar-refractivity contribution >= 4 is 40.7 Å². The summed E-state index contributed by atoms with van der Waals surface area (Å²) in [4.78, 5) is 48.0. The van der Waals surface area contributed by atoms with Crippen LogP contribution >= 0.6 is 11.8 Å². The summed E-state index contributed by atoms with van der Waals surface area (Å²) < 4.78 is 14.0. The van der Waals surface area contributed by atoms with Crippen LogP contribution in [-0.4, -0.2) is 58.0 Å². The van der Waals surface area contributed by atoms with Crippen molar-refractivity contribution in [2.75, 3.05) is 31.1 Å². The first kappa shape index (κ1) is 23.7. The number of pyridine rings is 1. The first-order chi connectivity index (χ1) is 17.5. The number of benzene rings is 2. The maximum absolute atomic E-state index is 14.0. The SMILES string of the molecule is O=C(c1cccc(/C=C2\SC(=O)N(Cc3ccccc3F)C2=O)c1)N1CCN(c2ccccn2)CC1. The molecule has 0 aliphatic carbocycles. The van der Waals surface area contributed by atoms with Crippen LogP contribution in [0.2, 0.25) is 0 Å². The summed E-state index contributed by atoms with van der Waals surface area (Å²) in [7, 11) is 0. The summed E-state index contributed by atoms with van der Waals surface area (Å²) in [5.74, 6) is -0.127. The molecule has 5 rings (SSSR count). The fourth-order valence-corrected chi connectivity index (χ4v) is 5.05. The lowest BCUT2D eigenvalue weighted by molar-refractivity contribution is -0.123. The first-order valence-electron chi connectivity index (χ1n) is 11.5. The molecular weight excluding hydrogens is 479 g/mol. The number of carbonyl (C=O) groups excluding carboxylic acids is 3. The summed E-state index contributed by atoms with van der Waals surface area (Å²) in [6.07, 6.45) is 3.36. The summed E-state index contributed by atoms with van der Waals surface area (Å²) in [6.45, 7) is 2.41. The van der Waals surface area contributed by atoms with E-state index in [2.05, 4.69) is 9.88 Å². The lowest BCUT2D eigenvalue weighted by Crippen LogP contribution is -2.49. The predicted molar refractivity (Wildman–Crippen MR) is 137 cm³/mol. The number of piperazine rings is 1. The number of hydrogen-bond donors (Lipinski definition) is 0. The van der Waals surface area contributed by atoms with Crippen LogP contribution in [-0.2, 0) is 11.3 Å². The molecule has 0 radical (unpaired) electrons. The molecule has 2 aromatic carbocycles. The van der Waals surface area contributed by atoms with Crippen LogP contribution in [0.25, 0.3) is 6.08 Å². The molecule has 3 aromatic rings. The highest BCUT2D eigenvalue weighted by Gasteiger charge is 2.35. The molecule has 0 bridgehead atoms. The van der Waals surface area contributed by atoms with Crippen LogP contribution in [0.4, 0.5) is 15.0 Å². The van der Waals surface area contributed by atoms with E-state index in [4.69, 9.17) is 0 Å². The molecule has 2 aliphatic heterocycles. The van der Waals surface area contributed by atoms with Gasteiger partial charge in [-0.05, 0) is 53.7 Å². The number of carbonyl (C=O) groups is 3. The zero-order valence-electron chi connectivity index (χ0n) is 19.3. The third-order valence-electron chi connectivity index (χ3n) is 6.13. The van der Waals surface area contributed by atoms with Crippen LogP contribution in [0.1, 0.15) is 21.5 Å². The minimum atomic E-state index is -0.476. The van der Waals surface area contributed by atoms with Crippen molar-refractivity contribution in [2.45, 2.75) is 6.54 Å². The maximum Gasteiger partial charge on any atom is 0.293 e. The number of nitrogens with zero attached hydrogens (tertiary/aromatic N) is 4. The molecule has 0 atom stereocenters. The highest BCUT2D eigenvalue weighted by atomic mass is 32.2. The van der Waals surface area contributed by atoms with Gasteiger partial charge in [-0.1, -0.05) is 36.4 Å². The normalized spacial score (nSPS) is 17.2. The van der Waals surface area contributed by atoms with E-state index in [1.165, 1.54) is 6.07 Å². The van der Waals surface area contributed by atoms with Crippen LogP contribution in [0, 0.1) is 5.82 Å². The Morgan fingerprint density at radius 1 is 0.972 bits per heavy atom. The molecule has 182 valence electrons. The Bertz CT molecular complexity index is 1340. The van der Waals surface area contributed by atoms with Crippen LogP contribution < -0.4 is 4.90 Å². The monoisotopic (exact) mass is 502 g/mol. The van der Waals surface area contributed by atoms with Gasteiger partial charge in [0, 0.05) is 43.5 Å². The highest BCUT2D eigenvalue weighted by molar-refractivity contribution is 8.18. The van der Waals surface area contributed by atoms with Crippen molar-refractivity contribution in [3.63, 3.8) is 0 Å². The molecule has 1 aromatic heterocycles. The molecule has 7 nitrogen and oxygen atoms in total. The summed E-state index contributed by atoms with van der Waals surface area (Å²) in [5, 5.41) is -0.451. The van der Waals surface area contributed by atoms with Gasteiger partial charge in [0.1, 0.15) is 11.6 Å². The Labute approximate surface area is 212 Å². The molecule has 2 aliphatic rings. The van der Waals surface area contributed by atoms with Crippen LogP contribution in [0.5, 0.6) is 0 Å². The first-order valence-corrected chi connectivity index (χ1v) is 12.4. The van der Waals surface area contributed by atoms with E-state index in [0.29, 0.717) is 37.3 Å². The molecule has 2 saturated heterocycles. The number of halogens is 1. The third kappa shape index (κ3) is 5.01. The number of anilines is 1. The van der Waals surface area contributed by atoms with Crippen molar-refractivity contribution in [3.8, 4) is 0 Å². The molecule has 9 heteroatoms. The second-order valence-electron chi connectivity index (χ2n) is 8.45. The van der Waals surface area contributed by atoms with Gasteiger partial charge in [-0.3, -0.25) is 19.3 Å². The van der Waals surface area contributed by atoms with Gasteiger partial charge in [-0.15, -0.1) is 0 Å². The lowest BCUT2D eigenvalue weighted by atomic mass is 10.1. The molecule has 0 saturated carbocycles. The van der Waals surface area contributed by atoms with E-state index in [1.807, 2.05) is 18.2 Å². The summed E-state index contributed by atoms with van der Waals surface area (Å²) >= 11 is 0.811. The fourth-order valence-electron chi connectivity index (χ4n) is 4.21. The zero-order chi connectivity index (χ0) is 25.1.